The highest BCUT2D eigenvalue weighted by atomic mass is 32.2. The molecule has 0 aromatic carbocycles. The van der Waals surface area contributed by atoms with E-state index in [-0.39, 0.29) is 58.0 Å². The summed E-state index contributed by atoms with van der Waals surface area (Å²) in [5, 5.41) is 25.3. The molecule has 4 N–H and O–H groups in total. The molecular formula is C29H49NO7S. The maximum atomic E-state index is 12.6. The van der Waals surface area contributed by atoms with E-state index in [1.165, 1.54) is 6.92 Å². The molecule has 11 atom stereocenters. The average Bonchev–Trinajstić information content (AvgIpc) is 3.15. The fraction of sp³-hybridized carbons (Fsp3) is 0.931. The van der Waals surface area contributed by atoms with Gasteiger partial charge in [0.15, 0.2) is 5.78 Å². The lowest BCUT2D eigenvalue weighted by molar-refractivity contribution is -0.201. The number of hydrogen-bond donors (Lipinski definition) is 4. The summed E-state index contributed by atoms with van der Waals surface area (Å²) in [4.78, 5) is 24.4. The van der Waals surface area contributed by atoms with Crippen LogP contribution in [0.15, 0.2) is 0 Å². The van der Waals surface area contributed by atoms with Crippen molar-refractivity contribution in [2.75, 3.05) is 0 Å². The zero-order valence-electron chi connectivity index (χ0n) is 23.9. The summed E-state index contributed by atoms with van der Waals surface area (Å²) < 4.78 is 33.4. The summed E-state index contributed by atoms with van der Waals surface area (Å²) in [7, 11) is -4.10. The number of hydrogen-bond acceptors (Lipinski definition) is 6. The van der Waals surface area contributed by atoms with Crippen LogP contribution in [0.2, 0.25) is 0 Å². The van der Waals surface area contributed by atoms with Gasteiger partial charge in [0, 0.05) is 6.42 Å². The Bertz CT molecular complexity index is 1040. The molecule has 0 radical (unpaired) electrons. The second kappa shape index (κ2) is 10.1. The molecule has 4 fully saturated rings. The first-order chi connectivity index (χ1) is 17.4. The minimum atomic E-state index is -4.10. The quantitative estimate of drug-likeness (QED) is 0.351. The van der Waals surface area contributed by atoms with E-state index < -0.39 is 33.1 Å². The first kappa shape index (κ1) is 29.9. The molecular weight excluding hydrogens is 506 g/mol. The first-order valence-electron chi connectivity index (χ1n) is 14.6. The van der Waals surface area contributed by atoms with Crippen LogP contribution in [0.5, 0.6) is 0 Å². The molecule has 10 unspecified atom stereocenters. The van der Waals surface area contributed by atoms with E-state index in [0.29, 0.717) is 44.9 Å². The molecule has 218 valence electrons. The molecule has 0 heterocycles. The van der Waals surface area contributed by atoms with Gasteiger partial charge in [0.25, 0.3) is 10.1 Å². The van der Waals surface area contributed by atoms with Crippen LogP contribution in [0.1, 0.15) is 99.3 Å². The summed E-state index contributed by atoms with van der Waals surface area (Å²) in [5.41, 5.74) is -1.41. The maximum Gasteiger partial charge on any atom is 0.267 e. The molecule has 0 aromatic rings. The van der Waals surface area contributed by atoms with E-state index in [2.05, 4.69) is 26.1 Å². The first-order valence-corrected chi connectivity index (χ1v) is 16.1. The normalized spacial score (nSPS) is 43.9. The Hall–Kier alpha value is -1.03. The summed E-state index contributed by atoms with van der Waals surface area (Å²) in [6.45, 7) is 11.5. The minimum absolute atomic E-state index is 0.00451. The number of amides is 1. The average molecular weight is 556 g/mol. The van der Waals surface area contributed by atoms with Crippen molar-refractivity contribution in [1.82, 2.24) is 5.32 Å². The number of carbonyl (C=O) groups is 2. The summed E-state index contributed by atoms with van der Waals surface area (Å²) >= 11 is 0. The Morgan fingerprint density at radius 3 is 2.32 bits per heavy atom. The van der Waals surface area contributed by atoms with Gasteiger partial charge in [0.1, 0.15) is 0 Å². The molecule has 4 saturated carbocycles. The molecule has 0 aliphatic heterocycles. The number of carbonyl (C=O) groups excluding carboxylic acids is 2. The molecule has 0 bridgehead atoms. The van der Waals surface area contributed by atoms with Crippen LogP contribution in [-0.4, -0.2) is 57.9 Å². The van der Waals surface area contributed by atoms with Crippen LogP contribution in [0.3, 0.4) is 0 Å². The molecule has 0 saturated heterocycles. The lowest BCUT2D eigenvalue weighted by atomic mass is 9.43. The minimum Gasteiger partial charge on any atom is -0.393 e. The van der Waals surface area contributed by atoms with Crippen LogP contribution in [0.4, 0.5) is 0 Å². The standard InChI is InChI=1S/C29H49NO7S/c1-16(7-10-25(34)30-27(3,4)17(2)31)20-8-9-21-26-22(15-24(33)29(20,21)6)28(5)12-11-19(38(35,36)37)13-18(28)14-23(26)32/h16,18-24,26,32-33H,7-15H2,1-6H3,(H,30,34)(H,35,36,37)/t16-,18?,19?,20?,21?,22?,23?,24?,26?,28?,29?/m1/s1. The van der Waals surface area contributed by atoms with Gasteiger partial charge in [0.05, 0.1) is 23.0 Å². The van der Waals surface area contributed by atoms with E-state index in [0.717, 1.165) is 12.8 Å². The van der Waals surface area contributed by atoms with Gasteiger partial charge >= 0.3 is 0 Å². The third kappa shape index (κ3) is 4.99. The lowest BCUT2D eigenvalue weighted by Crippen LogP contribution is -2.62. The summed E-state index contributed by atoms with van der Waals surface area (Å²) in [6, 6.07) is 0. The predicted octanol–water partition coefficient (Wildman–Crippen LogP) is 3.74. The number of ketones is 1. The number of fused-ring (bicyclic) bond motifs is 5. The van der Waals surface area contributed by atoms with Crippen LogP contribution in [0.25, 0.3) is 0 Å². The summed E-state index contributed by atoms with van der Waals surface area (Å²) in [5.74, 6) is 0.554. The highest BCUT2D eigenvalue weighted by Gasteiger charge is 2.66. The summed E-state index contributed by atoms with van der Waals surface area (Å²) in [6.07, 6.45) is 4.40. The number of rotatable bonds is 7. The number of nitrogens with one attached hydrogen (secondary N) is 1. The van der Waals surface area contributed by atoms with Gasteiger partial charge in [0.2, 0.25) is 5.91 Å². The van der Waals surface area contributed by atoms with E-state index in [1.807, 2.05) is 0 Å². The molecule has 4 rings (SSSR count). The van der Waals surface area contributed by atoms with Crippen molar-refractivity contribution in [3.05, 3.63) is 0 Å². The smallest absolute Gasteiger partial charge is 0.267 e. The van der Waals surface area contributed by atoms with Crippen molar-refractivity contribution in [3.63, 3.8) is 0 Å². The Kier molecular flexibility index (Phi) is 7.96. The Morgan fingerprint density at radius 2 is 1.71 bits per heavy atom. The zero-order chi connectivity index (χ0) is 28.4. The Morgan fingerprint density at radius 1 is 1.05 bits per heavy atom. The highest BCUT2D eigenvalue weighted by molar-refractivity contribution is 7.86. The molecule has 8 nitrogen and oxygen atoms in total. The van der Waals surface area contributed by atoms with E-state index >= 15 is 0 Å². The topological polar surface area (TPSA) is 141 Å². The third-order valence-corrected chi connectivity index (χ3v) is 13.4. The van der Waals surface area contributed by atoms with E-state index in [1.54, 1.807) is 13.8 Å². The predicted molar refractivity (Wildman–Crippen MR) is 145 cm³/mol. The van der Waals surface area contributed by atoms with Gasteiger partial charge in [-0.3, -0.25) is 14.1 Å². The van der Waals surface area contributed by atoms with Gasteiger partial charge in [-0.05, 0) is 118 Å². The number of aliphatic hydroxyl groups is 2. The van der Waals surface area contributed by atoms with Crippen molar-refractivity contribution in [2.45, 2.75) is 122 Å². The largest absolute Gasteiger partial charge is 0.393 e. The van der Waals surface area contributed by atoms with Gasteiger partial charge in [-0.25, -0.2) is 0 Å². The number of Topliss-reactive ketones (excluding diaryl/α,β-unsaturated/α-hetero) is 1. The van der Waals surface area contributed by atoms with Gasteiger partial charge in [-0.2, -0.15) is 8.42 Å². The molecule has 1 amide bonds. The van der Waals surface area contributed by atoms with Gasteiger partial charge in [-0.15, -0.1) is 0 Å². The second-order valence-corrected chi connectivity index (χ2v) is 16.0. The monoisotopic (exact) mass is 555 g/mol. The van der Waals surface area contributed by atoms with Crippen molar-refractivity contribution in [1.29, 1.82) is 0 Å². The van der Waals surface area contributed by atoms with Crippen molar-refractivity contribution < 1.29 is 32.8 Å². The van der Waals surface area contributed by atoms with Crippen LogP contribution < -0.4 is 5.32 Å². The van der Waals surface area contributed by atoms with Gasteiger partial charge in [-0.1, -0.05) is 20.8 Å². The molecule has 4 aliphatic carbocycles. The number of aliphatic hydroxyl groups excluding tert-OH is 2. The van der Waals surface area contributed by atoms with E-state index in [9.17, 15) is 32.8 Å². The fourth-order valence-electron chi connectivity index (χ4n) is 9.44. The van der Waals surface area contributed by atoms with E-state index in [4.69, 9.17) is 0 Å². The second-order valence-electron chi connectivity index (χ2n) is 14.3. The SMILES string of the molecule is CC(=O)C(C)(C)NC(=O)CC[C@@H](C)C1CCC2C3C(O)CC4CC(S(=O)(=O)O)CCC4(C)C3CC(O)C21C. The molecule has 4 aliphatic rings. The van der Waals surface area contributed by atoms with Crippen molar-refractivity contribution >= 4 is 21.8 Å². The third-order valence-electron chi connectivity index (χ3n) is 12.1. The maximum absolute atomic E-state index is 12.6. The Balaban J connectivity index is 1.49. The van der Waals surface area contributed by atoms with Crippen LogP contribution in [-0.2, 0) is 19.7 Å². The highest BCUT2D eigenvalue weighted by Crippen LogP contribution is 2.68. The molecule has 0 aromatic heterocycles. The Labute approximate surface area is 228 Å². The lowest BCUT2D eigenvalue weighted by Gasteiger charge is -2.63. The van der Waals surface area contributed by atoms with Crippen molar-refractivity contribution in [2.24, 2.45) is 46.3 Å². The van der Waals surface area contributed by atoms with Crippen LogP contribution in [0, 0.1) is 46.3 Å². The zero-order valence-corrected chi connectivity index (χ0v) is 24.8. The fourth-order valence-corrected chi connectivity index (χ4v) is 10.3. The molecule has 0 spiro atoms. The van der Waals surface area contributed by atoms with Crippen molar-refractivity contribution in [3.8, 4) is 0 Å². The van der Waals surface area contributed by atoms with Gasteiger partial charge < -0.3 is 15.5 Å². The molecule has 38 heavy (non-hydrogen) atoms. The van der Waals surface area contributed by atoms with Crippen LogP contribution >= 0.6 is 0 Å². The molecule has 9 heteroatoms.